The molecule has 0 saturated heterocycles. The fourth-order valence-corrected chi connectivity index (χ4v) is 3.48. The molecule has 4 aromatic rings. The summed E-state index contributed by atoms with van der Waals surface area (Å²) >= 11 is 0. The van der Waals surface area contributed by atoms with E-state index in [0.29, 0.717) is 11.8 Å². The summed E-state index contributed by atoms with van der Waals surface area (Å²) < 4.78 is 2.19. The van der Waals surface area contributed by atoms with Crippen LogP contribution in [0, 0.1) is 11.3 Å². The van der Waals surface area contributed by atoms with Gasteiger partial charge in [0.1, 0.15) is 17.3 Å². The molecule has 0 unspecified atom stereocenters. The van der Waals surface area contributed by atoms with Crippen LogP contribution in [0.4, 0.5) is 0 Å². The zero-order valence-corrected chi connectivity index (χ0v) is 14.5. The molecule has 0 aliphatic rings. The van der Waals surface area contributed by atoms with E-state index in [4.69, 9.17) is 0 Å². The number of hydrogen-bond acceptors (Lipinski definition) is 1. The van der Waals surface area contributed by atoms with Gasteiger partial charge in [0, 0.05) is 5.39 Å². The maximum Gasteiger partial charge on any atom is 0.134 e. The van der Waals surface area contributed by atoms with Crippen molar-refractivity contribution in [2.45, 2.75) is 39.5 Å². The second-order valence-corrected chi connectivity index (χ2v) is 7.16. The van der Waals surface area contributed by atoms with Gasteiger partial charge in [0.2, 0.25) is 0 Å². The summed E-state index contributed by atoms with van der Waals surface area (Å²) in [6, 6.07) is 15.4. The van der Waals surface area contributed by atoms with Crippen LogP contribution in [-0.4, -0.2) is 9.38 Å². The number of benzene rings is 2. The van der Waals surface area contributed by atoms with E-state index in [1.54, 1.807) is 0 Å². The van der Waals surface area contributed by atoms with Gasteiger partial charge in [-0.05, 0) is 47.2 Å². The average molecular weight is 315 g/mol. The van der Waals surface area contributed by atoms with Crippen molar-refractivity contribution in [3.8, 4) is 6.07 Å². The highest BCUT2D eigenvalue weighted by Gasteiger charge is 2.17. The third-order valence-corrected chi connectivity index (χ3v) is 4.95. The number of aromatic nitrogens is 2. The van der Waals surface area contributed by atoms with Crippen LogP contribution in [0.3, 0.4) is 0 Å². The van der Waals surface area contributed by atoms with Crippen molar-refractivity contribution in [3.63, 3.8) is 0 Å². The SMILES string of the molecule is CC(C)c1ccc2c(c1)c(C#N)c1[nH]c3ccc(C(C)C)cc3n12. The Kier molecular flexibility index (Phi) is 3.18. The van der Waals surface area contributed by atoms with Gasteiger partial charge in [-0.25, -0.2) is 0 Å². The topological polar surface area (TPSA) is 44.0 Å². The molecule has 120 valence electrons. The van der Waals surface area contributed by atoms with Crippen LogP contribution in [-0.2, 0) is 0 Å². The lowest BCUT2D eigenvalue weighted by atomic mass is 10.0. The zero-order chi connectivity index (χ0) is 17.0. The lowest BCUT2D eigenvalue weighted by molar-refractivity contribution is 0.868. The number of nitriles is 1. The van der Waals surface area contributed by atoms with Crippen molar-refractivity contribution >= 4 is 27.6 Å². The summed E-state index contributed by atoms with van der Waals surface area (Å²) in [6.07, 6.45) is 0. The maximum atomic E-state index is 9.74. The number of H-pyrrole nitrogens is 1. The molecule has 0 aliphatic heterocycles. The van der Waals surface area contributed by atoms with Crippen LogP contribution in [0.15, 0.2) is 36.4 Å². The van der Waals surface area contributed by atoms with E-state index in [1.165, 1.54) is 11.1 Å². The predicted octanol–water partition coefficient (Wildman–Crippen LogP) is 5.69. The number of imidazole rings is 1. The normalized spacial score (nSPS) is 12.0. The van der Waals surface area contributed by atoms with Gasteiger partial charge < -0.3 is 4.98 Å². The summed E-state index contributed by atoms with van der Waals surface area (Å²) in [5.41, 5.74) is 7.50. The van der Waals surface area contributed by atoms with Gasteiger partial charge in [-0.3, -0.25) is 4.40 Å². The Bertz CT molecular complexity index is 1120. The molecular weight excluding hydrogens is 294 g/mol. The van der Waals surface area contributed by atoms with Crippen molar-refractivity contribution in [2.75, 3.05) is 0 Å². The molecule has 24 heavy (non-hydrogen) atoms. The quantitative estimate of drug-likeness (QED) is 0.507. The zero-order valence-electron chi connectivity index (χ0n) is 14.5. The average Bonchev–Trinajstić information content (AvgIpc) is 3.07. The van der Waals surface area contributed by atoms with Gasteiger partial charge in [0.25, 0.3) is 0 Å². The van der Waals surface area contributed by atoms with Crippen molar-refractivity contribution in [1.29, 1.82) is 5.26 Å². The number of hydrogen-bond donors (Lipinski definition) is 1. The van der Waals surface area contributed by atoms with Gasteiger partial charge >= 0.3 is 0 Å². The third kappa shape index (κ3) is 1.96. The second kappa shape index (κ2) is 5.14. The Labute approximate surface area is 141 Å². The molecule has 3 nitrogen and oxygen atoms in total. The summed E-state index contributed by atoms with van der Waals surface area (Å²) in [6.45, 7) is 8.77. The molecule has 4 rings (SSSR count). The molecule has 0 fully saturated rings. The Hall–Kier alpha value is -2.73. The highest BCUT2D eigenvalue weighted by atomic mass is 15.0. The molecule has 0 spiro atoms. The summed E-state index contributed by atoms with van der Waals surface area (Å²) in [5.74, 6) is 0.924. The molecule has 0 aliphatic carbocycles. The van der Waals surface area contributed by atoms with Crippen LogP contribution >= 0.6 is 0 Å². The molecule has 2 aromatic carbocycles. The molecule has 0 bridgehead atoms. The number of nitrogens with zero attached hydrogens (tertiary/aromatic N) is 2. The van der Waals surface area contributed by atoms with E-state index in [2.05, 4.69) is 79.5 Å². The first-order valence-electron chi connectivity index (χ1n) is 8.51. The standard InChI is InChI=1S/C21H21N3/c1-12(2)14-6-8-19-16(9-14)17(11-22)21-23-18-7-5-15(13(3)4)10-20(18)24(19)21/h5-10,12-13,23H,1-4H3. The minimum Gasteiger partial charge on any atom is -0.338 e. The first kappa shape index (κ1) is 14.8. The van der Waals surface area contributed by atoms with Crippen LogP contribution in [0.2, 0.25) is 0 Å². The van der Waals surface area contributed by atoms with E-state index < -0.39 is 0 Å². The lowest BCUT2D eigenvalue weighted by Gasteiger charge is -2.07. The van der Waals surface area contributed by atoms with E-state index >= 15 is 0 Å². The molecular formula is C21H21N3. The summed E-state index contributed by atoms with van der Waals surface area (Å²) in [5, 5.41) is 10.8. The Morgan fingerprint density at radius 2 is 1.58 bits per heavy atom. The Morgan fingerprint density at radius 3 is 2.25 bits per heavy atom. The first-order chi connectivity index (χ1) is 11.5. The van der Waals surface area contributed by atoms with Gasteiger partial charge in [0.05, 0.1) is 16.6 Å². The first-order valence-corrected chi connectivity index (χ1v) is 8.51. The predicted molar refractivity (Wildman–Crippen MR) is 99.7 cm³/mol. The largest absolute Gasteiger partial charge is 0.338 e. The molecule has 2 aromatic heterocycles. The number of nitrogens with one attached hydrogen (secondary N) is 1. The number of aromatic amines is 1. The van der Waals surface area contributed by atoms with Crippen LogP contribution in [0.25, 0.3) is 27.6 Å². The minimum absolute atomic E-state index is 0.448. The maximum absolute atomic E-state index is 9.74. The van der Waals surface area contributed by atoms with Gasteiger partial charge in [-0.1, -0.05) is 39.8 Å². The van der Waals surface area contributed by atoms with E-state index in [-0.39, 0.29) is 0 Å². The fraction of sp³-hybridized carbons (Fsp3) is 0.286. The molecule has 0 amide bonds. The molecule has 3 heteroatoms. The smallest absolute Gasteiger partial charge is 0.134 e. The fourth-order valence-electron chi connectivity index (χ4n) is 3.48. The summed E-state index contributed by atoms with van der Waals surface area (Å²) in [4.78, 5) is 3.44. The minimum atomic E-state index is 0.448. The van der Waals surface area contributed by atoms with E-state index in [9.17, 15) is 5.26 Å². The Morgan fingerprint density at radius 1 is 0.917 bits per heavy atom. The molecule has 0 saturated carbocycles. The number of fused-ring (bicyclic) bond motifs is 5. The highest BCUT2D eigenvalue weighted by Crippen LogP contribution is 2.33. The molecule has 1 N–H and O–H groups in total. The van der Waals surface area contributed by atoms with Crippen molar-refractivity contribution < 1.29 is 0 Å². The van der Waals surface area contributed by atoms with Crippen LogP contribution in [0.1, 0.15) is 56.2 Å². The van der Waals surface area contributed by atoms with Crippen LogP contribution < -0.4 is 0 Å². The molecule has 0 radical (unpaired) electrons. The van der Waals surface area contributed by atoms with Gasteiger partial charge in [-0.2, -0.15) is 5.26 Å². The second-order valence-electron chi connectivity index (χ2n) is 7.16. The third-order valence-electron chi connectivity index (χ3n) is 4.95. The van der Waals surface area contributed by atoms with Gasteiger partial charge in [0.15, 0.2) is 0 Å². The Balaban J connectivity index is 2.16. The highest BCUT2D eigenvalue weighted by molar-refractivity contribution is 6.00. The summed E-state index contributed by atoms with van der Waals surface area (Å²) in [7, 11) is 0. The van der Waals surface area contributed by atoms with Crippen LogP contribution in [0.5, 0.6) is 0 Å². The monoisotopic (exact) mass is 315 g/mol. The lowest BCUT2D eigenvalue weighted by Crippen LogP contribution is -1.89. The van der Waals surface area contributed by atoms with Crippen molar-refractivity contribution in [2.24, 2.45) is 0 Å². The van der Waals surface area contributed by atoms with Crippen molar-refractivity contribution in [1.82, 2.24) is 9.38 Å². The van der Waals surface area contributed by atoms with Crippen molar-refractivity contribution in [3.05, 3.63) is 53.1 Å². The number of rotatable bonds is 2. The van der Waals surface area contributed by atoms with E-state index in [0.717, 1.165) is 33.1 Å². The molecule has 0 atom stereocenters. The molecule has 2 heterocycles. The van der Waals surface area contributed by atoms with Gasteiger partial charge in [-0.15, -0.1) is 0 Å². The van der Waals surface area contributed by atoms with E-state index in [1.807, 2.05) is 0 Å².